The molecule has 3 N–H and O–H groups in total. The molecular formula is C12H13F2N3. The number of anilines is 1. The van der Waals surface area contributed by atoms with Crippen molar-refractivity contribution in [1.29, 1.82) is 0 Å². The maximum atomic E-state index is 12.0. The number of nitrogens with one attached hydrogen (secondary N) is 1. The largest absolute Gasteiger partial charge is 0.384 e. The molecule has 0 unspecified atom stereocenters. The van der Waals surface area contributed by atoms with Gasteiger partial charge in [0.1, 0.15) is 5.82 Å². The topological polar surface area (TPSA) is 54.7 Å². The fraction of sp³-hybridized carbons (Fsp3) is 0.250. The highest BCUT2D eigenvalue weighted by atomic mass is 19.3. The third-order valence-corrected chi connectivity index (χ3v) is 2.58. The molecule has 0 atom stereocenters. The SMILES string of the molecule is Nc1[nH]ncc1-c1ccc(CCC(F)F)cc1. The van der Waals surface area contributed by atoms with E-state index in [0.717, 1.165) is 16.7 Å². The van der Waals surface area contributed by atoms with E-state index < -0.39 is 6.43 Å². The van der Waals surface area contributed by atoms with Gasteiger partial charge in [-0.25, -0.2) is 8.78 Å². The minimum absolute atomic E-state index is 0.104. The van der Waals surface area contributed by atoms with E-state index in [1.54, 1.807) is 6.20 Å². The van der Waals surface area contributed by atoms with Crippen molar-refractivity contribution in [3.63, 3.8) is 0 Å². The molecule has 3 nitrogen and oxygen atoms in total. The van der Waals surface area contributed by atoms with E-state index in [4.69, 9.17) is 5.73 Å². The molecule has 90 valence electrons. The number of alkyl halides is 2. The average molecular weight is 237 g/mol. The molecule has 1 heterocycles. The zero-order valence-corrected chi connectivity index (χ0v) is 9.16. The summed E-state index contributed by atoms with van der Waals surface area (Å²) in [6.07, 6.45) is -0.325. The highest BCUT2D eigenvalue weighted by molar-refractivity contribution is 5.72. The van der Waals surface area contributed by atoms with Crippen LogP contribution in [0.1, 0.15) is 12.0 Å². The Kier molecular flexibility index (Phi) is 3.37. The quantitative estimate of drug-likeness (QED) is 0.859. The lowest BCUT2D eigenvalue weighted by Gasteiger charge is -2.03. The van der Waals surface area contributed by atoms with Gasteiger partial charge >= 0.3 is 0 Å². The molecule has 0 saturated heterocycles. The van der Waals surface area contributed by atoms with Gasteiger partial charge in [-0.2, -0.15) is 5.10 Å². The number of nitrogen functional groups attached to an aromatic ring is 1. The van der Waals surface area contributed by atoms with Crippen LogP contribution in [-0.2, 0) is 6.42 Å². The van der Waals surface area contributed by atoms with E-state index in [1.165, 1.54) is 0 Å². The van der Waals surface area contributed by atoms with E-state index in [2.05, 4.69) is 10.2 Å². The molecule has 0 fully saturated rings. The maximum Gasteiger partial charge on any atom is 0.239 e. The summed E-state index contributed by atoms with van der Waals surface area (Å²) >= 11 is 0. The molecule has 5 heteroatoms. The number of aromatic nitrogens is 2. The molecule has 0 aliphatic rings. The normalized spacial score (nSPS) is 11.0. The summed E-state index contributed by atoms with van der Waals surface area (Å²) in [5, 5.41) is 6.48. The lowest BCUT2D eigenvalue weighted by atomic mass is 10.0. The number of aromatic amines is 1. The van der Waals surface area contributed by atoms with Crippen molar-refractivity contribution in [1.82, 2.24) is 10.2 Å². The van der Waals surface area contributed by atoms with Gasteiger partial charge in [-0.05, 0) is 17.5 Å². The number of nitrogens with zero attached hydrogens (tertiary/aromatic N) is 1. The van der Waals surface area contributed by atoms with Gasteiger partial charge in [0, 0.05) is 12.0 Å². The summed E-state index contributed by atoms with van der Waals surface area (Å²) in [5.74, 6) is 0.505. The first-order chi connectivity index (χ1) is 8.16. The molecule has 1 aromatic carbocycles. The van der Waals surface area contributed by atoms with Gasteiger partial charge in [-0.1, -0.05) is 24.3 Å². The summed E-state index contributed by atoms with van der Waals surface area (Å²) in [5.41, 5.74) is 8.34. The third kappa shape index (κ3) is 2.81. The van der Waals surface area contributed by atoms with Crippen molar-refractivity contribution in [2.24, 2.45) is 0 Å². The summed E-state index contributed by atoms with van der Waals surface area (Å²) in [4.78, 5) is 0. The van der Waals surface area contributed by atoms with Crippen LogP contribution in [0.25, 0.3) is 11.1 Å². The molecule has 0 aliphatic heterocycles. The molecule has 0 radical (unpaired) electrons. The summed E-state index contributed by atoms with van der Waals surface area (Å²) in [6, 6.07) is 7.40. The highest BCUT2D eigenvalue weighted by Crippen LogP contribution is 2.24. The molecule has 2 rings (SSSR count). The van der Waals surface area contributed by atoms with E-state index in [9.17, 15) is 8.78 Å². The average Bonchev–Trinajstić information content (AvgIpc) is 2.73. The minimum atomic E-state index is -2.25. The molecule has 2 aromatic rings. The third-order valence-electron chi connectivity index (χ3n) is 2.58. The van der Waals surface area contributed by atoms with Crippen molar-refractivity contribution < 1.29 is 8.78 Å². The van der Waals surface area contributed by atoms with Crippen molar-refractivity contribution in [3.05, 3.63) is 36.0 Å². The molecule has 0 saturated carbocycles. The highest BCUT2D eigenvalue weighted by Gasteiger charge is 2.06. The van der Waals surface area contributed by atoms with E-state index in [0.29, 0.717) is 12.2 Å². The molecule has 0 aliphatic carbocycles. The molecule has 17 heavy (non-hydrogen) atoms. The lowest BCUT2D eigenvalue weighted by Crippen LogP contribution is -1.94. The maximum absolute atomic E-state index is 12.0. The predicted molar refractivity (Wildman–Crippen MR) is 62.8 cm³/mol. The van der Waals surface area contributed by atoms with Gasteiger partial charge in [0.2, 0.25) is 6.43 Å². The van der Waals surface area contributed by atoms with E-state index in [1.807, 2.05) is 24.3 Å². The Hall–Kier alpha value is -1.91. The van der Waals surface area contributed by atoms with Crippen LogP contribution in [0.4, 0.5) is 14.6 Å². The van der Waals surface area contributed by atoms with Gasteiger partial charge in [0.05, 0.1) is 6.20 Å². The number of rotatable bonds is 4. The lowest BCUT2D eigenvalue weighted by molar-refractivity contribution is 0.138. The first-order valence-corrected chi connectivity index (χ1v) is 5.33. The van der Waals surface area contributed by atoms with Crippen LogP contribution >= 0.6 is 0 Å². The van der Waals surface area contributed by atoms with Crippen molar-refractivity contribution in [2.45, 2.75) is 19.3 Å². The summed E-state index contributed by atoms with van der Waals surface area (Å²) in [7, 11) is 0. The number of halogens is 2. The van der Waals surface area contributed by atoms with E-state index >= 15 is 0 Å². The van der Waals surface area contributed by atoms with Gasteiger partial charge in [-0.3, -0.25) is 5.10 Å². The Balaban J connectivity index is 2.11. The number of benzene rings is 1. The zero-order valence-electron chi connectivity index (χ0n) is 9.16. The second-order valence-electron chi connectivity index (χ2n) is 3.82. The molecule has 0 spiro atoms. The molecule has 0 amide bonds. The molecular weight excluding hydrogens is 224 g/mol. The molecule has 0 bridgehead atoms. The fourth-order valence-corrected chi connectivity index (χ4v) is 1.65. The number of aryl methyl sites for hydroxylation is 1. The van der Waals surface area contributed by atoms with Crippen LogP contribution in [-0.4, -0.2) is 16.6 Å². The van der Waals surface area contributed by atoms with Crippen LogP contribution < -0.4 is 5.73 Å². The standard InChI is InChI=1S/C12H13F2N3/c13-11(14)6-3-8-1-4-9(5-2-8)10-7-16-17-12(10)15/h1-2,4-5,7,11H,3,6H2,(H3,15,16,17). The van der Waals surface area contributed by atoms with Crippen molar-refractivity contribution >= 4 is 5.82 Å². The zero-order chi connectivity index (χ0) is 12.3. The second-order valence-corrected chi connectivity index (χ2v) is 3.82. The first kappa shape index (κ1) is 11.6. The van der Waals surface area contributed by atoms with Gasteiger partial charge in [0.15, 0.2) is 0 Å². The van der Waals surface area contributed by atoms with Gasteiger partial charge in [0.25, 0.3) is 0 Å². The number of hydrogen-bond donors (Lipinski definition) is 2. The Morgan fingerprint density at radius 3 is 2.47 bits per heavy atom. The molecule has 1 aromatic heterocycles. The smallest absolute Gasteiger partial charge is 0.239 e. The second kappa shape index (κ2) is 4.95. The number of nitrogens with two attached hydrogens (primary N) is 1. The Bertz CT molecular complexity index is 477. The van der Waals surface area contributed by atoms with Crippen molar-refractivity contribution in [2.75, 3.05) is 5.73 Å². The summed E-state index contributed by atoms with van der Waals surface area (Å²) < 4.78 is 24.1. The van der Waals surface area contributed by atoms with Crippen LogP contribution in [0.5, 0.6) is 0 Å². The Morgan fingerprint density at radius 1 is 1.24 bits per heavy atom. The van der Waals surface area contributed by atoms with Gasteiger partial charge in [-0.15, -0.1) is 0 Å². The van der Waals surface area contributed by atoms with Crippen LogP contribution in [0, 0.1) is 0 Å². The first-order valence-electron chi connectivity index (χ1n) is 5.33. The fourth-order valence-electron chi connectivity index (χ4n) is 1.65. The van der Waals surface area contributed by atoms with Crippen molar-refractivity contribution in [3.8, 4) is 11.1 Å². The number of H-pyrrole nitrogens is 1. The van der Waals surface area contributed by atoms with Crippen LogP contribution in [0.3, 0.4) is 0 Å². The van der Waals surface area contributed by atoms with Crippen LogP contribution in [0.15, 0.2) is 30.5 Å². The Labute approximate surface area is 97.7 Å². The number of hydrogen-bond acceptors (Lipinski definition) is 2. The predicted octanol–water partition coefficient (Wildman–Crippen LogP) is 2.86. The monoisotopic (exact) mass is 237 g/mol. The minimum Gasteiger partial charge on any atom is -0.384 e. The Morgan fingerprint density at radius 2 is 1.94 bits per heavy atom. The van der Waals surface area contributed by atoms with Gasteiger partial charge < -0.3 is 5.73 Å². The van der Waals surface area contributed by atoms with E-state index in [-0.39, 0.29) is 6.42 Å². The van der Waals surface area contributed by atoms with Crippen LogP contribution in [0.2, 0.25) is 0 Å². The summed E-state index contributed by atoms with van der Waals surface area (Å²) in [6.45, 7) is 0.